The summed E-state index contributed by atoms with van der Waals surface area (Å²) in [5, 5.41) is 0. The van der Waals surface area contributed by atoms with Crippen LogP contribution in [0.5, 0.6) is 0 Å². The van der Waals surface area contributed by atoms with Gasteiger partial charge in [-0.3, -0.25) is 0 Å². The molecule has 0 nitrogen and oxygen atoms in total. The Kier molecular flexibility index (Phi) is 12.7. The van der Waals surface area contributed by atoms with E-state index in [0.29, 0.717) is 0 Å². The van der Waals surface area contributed by atoms with Crippen LogP contribution >= 0.6 is 24.8 Å². The third-order valence-electron chi connectivity index (χ3n) is 0. The van der Waals surface area contributed by atoms with E-state index in [1.165, 1.54) is 0 Å². The number of rotatable bonds is 0. The SMILES string of the molecule is C[Si](C)(C)[Ti].Cl.Cl. The minimum atomic E-state index is -0.611. The van der Waals surface area contributed by atoms with Crippen molar-refractivity contribution in [1.82, 2.24) is 0 Å². The van der Waals surface area contributed by atoms with E-state index in [1.54, 1.807) is 0 Å². The molecule has 0 aromatic heterocycles. The molecule has 0 heterocycles. The fourth-order valence-electron chi connectivity index (χ4n) is 0. The number of halogens is 2. The maximum atomic E-state index is 2.33. The van der Waals surface area contributed by atoms with Crippen molar-refractivity contribution in [3.63, 3.8) is 0 Å². The number of hydrogen-bond acceptors (Lipinski definition) is 0. The molecule has 7 heavy (non-hydrogen) atoms. The zero-order chi connectivity index (χ0) is 4.50. The van der Waals surface area contributed by atoms with E-state index in [0.717, 1.165) is 0 Å². The van der Waals surface area contributed by atoms with Gasteiger partial charge < -0.3 is 0 Å². The largest absolute Gasteiger partial charge is 0.147 e. The van der Waals surface area contributed by atoms with E-state index in [1.807, 2.05) is 0 Å². The monoisotopic (exact) mass is 193 g/mol. The molecule has 0 radical (unpaired) electrons. The topological polar surface area (TPSA) is 0 Å². The summed E-state index contributed by atoms with van der Waals surface area (Å²) in [6.45, 7) is 6.98. The molecule has 0 saturated carbocycles. The van der Waals surface area contributed by atoms with Crippen molar-refractivity contribution in [2.75, 3.05) is 0 Å². The predicted molar refractivity (Wildman–Crippen MR) is 37.8 cm³/mol. The molecule has 0 amide bonds. The van der Waals surface area contributed by atoms with Gasteiger partial charge in [-0.1, -0.05) is 0 Å². The second-order valence-electron chi connectivity index (χ2n) is 2.25. The van der Waals surface area contributed by atoms with Crippen LogP contribution in [0.15, 0.2) is 0 Å². The van der Waals surface area contributed by atoms with Crippen molar-refractivity contribution >= 4 is 30.8 Å². The molecule has 0 aliphatic rings. The third kappa shape index (κ3) is 99.9. The van der Waals surface area contributed by atoms with Crippen molar-refractivity contribution in [3.8, 4) is 0 Å². The average Bonchev–Trinajstić information content (AvgIpc) is 0.722. The molecule has 0 saturated heterocycles. The zero-order valence-corrected chi connectivity index (χ0v) is 9.01. The summed E-state index contributed by atoms with van der Waals surface area (Å²) in [7, 11) is 0. The van der Waals surface area contributed by atoms with Crippen molar-refractivity contribution in [2.24, 2.45) is 0 Å². The summed E-state index contributed by atoms with van der Waals surface area (Å²) < 4.78 is 0. The fraction of sp³-hybridized carbons (Fsp3) is 1.00. The molecule has 4 heteroatoms. The van der Waals surface area contributed by atoms with Gasteiger partial charge in [-0.15, -0.1) is 24.8 Å². The molecule has 0 aromatic rings. The van der Waals surface area contributed by atoms with Gasteiger partial charge in [0.05, 0.1) is 0 Å². The molecular formula is C3H11Cl2SiTi. The van der Waals surface area contributed by atoms with Gasteiger partial charge in [0.1, 0.15) is 0 Å². The predicted octanol–water partition coefficient (Wildman–Crippen LogP) is 2.21. The molecule has 0 aliphatic carbocycles. The Hall–Kier alpha value is 1.51. The Labute approximate surface area is 69.9 Å². The first kappa shape index (κ1) is 15.8. The van der Waals surface area contributed by atoms with Gasteiger partial charge in [-0.2, -0.15) is 0 Å². The Balaban J connectivity index is -0.0000000800. The molecular weight excluding hydrogens is 183 g/mol. The summed E-state index contributed by atoms with van der Waals surface area (Å²) in [4.78, 5) is 0. The van der Waals surface area contributed by atoms with E-state index < -0.39 is 5.94 Å². The first-order valence-corrected chi connectivity index (χ1v) is 7.59. The average molecular weight is 194 g/mol. The Morgan fingerprint density at radius 1 is 1.00 bits per heavy atom. The smallest absolute Gasteiger partial charge is 0.147 e. The molecule has 0 N–H and O–H groups in total. The fourth-order valence-corrected chi connectivity index (χ4v) is 0. The molecule has 0 aromatic carbocycles. The summed E-state index contributed by atoms with van der Waals surface area (Å²) in [6.07, 6.45) is 0. The molecule has 0 rings (SSSR count). The summed E-state index contributed by atoms with van der Waals surface area (Å²) >= 11 is 2.33. The van der Waals surface area contributed by atoms with Crippen LogP contribution < -0.4 is 0 Å². The van der Waals surface area contributed by atoms with Crippen LogP contribution in [0, 0.1) is 0 Å². The molecule has 0 atom stereocenters. The van der Waals surface area contributed by atoms with Crippen molar-refractivity contribution in [3.05, 3.63) is 0 Å². The molecule has 0 unspecified atom stereocenters. The van der Waals surface area contributed by atoms with E-state index in [-0.39, 0.29) is 24.8 Å². The van der Waals surface area contributed by atoms with Gasteiger partial charge in [0.15, 0.2) is 0 Å². The zero-order valence-electron chi connectivity index (χ0n) is 4.82. The Bertz CT molecular complexity index is 28.4. The van der Waals surface area contributed by atoms with Gasteiger partial charge in [-0.05, 0) is 0 Å². The van der Waals surface area contributed by atoms with Gasteiger partial charge in [-0.25, -0.2) is 0 Å². The van der Waals surface area contributed by atoms with Gasteiger partial charge in [0.2, 0.25) is 0 Å². The van der Waals surface area contributed by atoms with Crippen molar-refractivity contribution in [1.29, 1.82) is 0 Å². The first-order valence-electron chi connectivity index (χ1n) is 1.75. The van der Waals surface area contributed by atoms with Crippen LogP contribution in [0.4, 0.5) is 0 Å². The number of hydrogen-bond donors (Lipinski definition) is 0. The molecule has 0 aliphatic heterocycles. The minimum absolute atomic E-state index is 0. The van der Waals surface area contributed by atoms with Crippen LogP contribution in [0.3, 0.4) is 0 Å². The first-order chi connectivity index (χ1) is 2.00. The summed E-state index contributed by atoms with van der Waals surface area (Å²) in [5.74, 6) is -0.611. The standard InChI is InChI=1S/C3H9Si.2ClH.Ti/c1-4(2)3;;;/h1-3H3;2*1H;. The second-order valence-corrected chi connectivity index (χ2v) is 13.8. The van der Waals surface area contributed by atoms with Crippen LogP contribution in [0.2, 0.25) is 19.6 Å². The van der Waals surface area contributed by atoms with E-state index >= 15 is 0 Å². The summed E-state index contributed by atoms with van der Waals surface area (Å²) in [6, 6.07) is 0. The van der Waals surface area contributed by atoms with Gasteiger partial charge >= 0.3 is 45.3 Å². The van der Waals surface area contributed by atoms with Crippen molar-refractivity contribution in [2.45, 2.75) is 19.6 Å². The van der Waals surface area contributed by atoms with Crippen LogP contribution in [-0.4, -0.2) is 5.94 Å². The van der Waals surface area contributed by atoms with Crippen LogP contribution in [0.1, 0.15) is 0 Å². The van der Waals surface area contributed by atoms with Gasteiger partial charge in [0.25, 0.3) is 0 Å². The maximum absolute atomic E-state index is 2.33. The Morgan fingerprint density at radius 2 is 1.00 bits per heavy atom. The van der Waals surface area contributed by atoms with E-state index in [9.17, 15) is 0 Å². The van der Waals surface area contributed by atoms with Crippen LogP contribution in [-0.2, 0) is 19.7 Å². The van der Waals surface area contributed by atoms with Crippen molar-refractivity contribution < 1.29 is 19.7 Å². The molecule has 0 fully saturated rings. The van der Waals surface area contributed by atoms with E-state index in [4.69, 9.17) is 0 Å². The Morgan fingerprint density at radius 3 is 1.00 bits per heavy atom. The maximum Gasteiger partial charge on any atom is -0.147 e. The minimum Gasteiger partial charge on any atom is -0.147 e. The van der Waals surface area contributed by atoms with E-state index in [2.05, 4.69) is 39.3 Å². The summed E-state index contributed by atoms with van der Waals surface area (Å²) in [5.41, 5.74) is 0. The second kappa shape index (κ2) is 5.64. The van der Waals surface area contributed by atoms with Crippen LogP contribution in [0.25, 0.3) is 0 Å². The molecule has 0 spiro atoms. The normalized spacial score (nSPS) is 8.29. The quantitative estimate of drug-likeness (QED) is 0.518. The van der Waals surface area contributed by atoms with Gasteiger partial charge in [0, 0.05) is 0 Å². The molecule has 0 bridgehead atoms. The third-order valence-corrected chi connectivity index (χ3v) is 0. The molecule has 45 valence electrons.